The standard InChI is InChI=1S/C21H24BrNO5/c1-3-26-19-7-5-15(11-20(19)27-4-2)9-10-23-21(25)14-28-18-8-6-17(22)12-16(18)13-24/h5-8,11-13H,3-4,9-10,14H2,1-2H3,(H,23,25). The SMILES string of the molecule is CCOc1ccc(CCNC(=O)COc2ccc(Br)cc2C=O)cc1OCC. The minimum atomic E-state index is -0.254. The maximum absolute atomic E-state index is 12.0. The van der Waals surface area contributed by atoms with E-state index in [9.17, 15) is 9.59 Å². The van der Waals surface area contributed by atoms with E-state index >= 15 is 0 Å². The van der Waals surface area contributed by atoms with Gasteiger partial charge in [-0.2, -0.15) is 0 Å². The monoisotopic (exact) mass is 449 g/mol. The molecule has 2 aromatic rings. The van der Waals surface area contributed by atoms with Crippen LogP contribution in [0.1, 0.15) is 29.8 Å². The van der Waals surface area contributed by atoms with Crippen LogP contribution in [-0.2, 0) is 11.2 Å². The molecular weight excluding hydrogens is 426 g/mol. The molecule has 0 aliphatic carbocycles. The van der Waals surface area contributed by atoms with Gasteiger partial charge in [0.2, 0.25) is 0 Å². The van der Waals surface area contributed by atoms with Gasteiger partial charge in [-0.15, -0.1) is 0 Å². The molecule has 1 N–H and O–H groups in total. The van der Waals surface area contributed by atoms with Crippen molar-refractivity contribution in [2.24, 2.45) is 0 Å². The van der Waals surface area contributed by atoms with Gasteiger partial charge in [-0.1, -0.05) is 22.0 Å². The van der Waals surface area contributed by atoms with Crippen molar-refractivity contribution >= 4 is 28.1 Å². The molecule has 0 radical (unpaired) electrons. The summed E-state index contributed by atoms with van der Waals surface area (Å²) in [4.78, 5) is 23.1. The molecule has 0 aromatic heterocycles. The normalized spacial score (nSPS) is 10.2. The molecule has 2 aromatic carbocycles. The smallest absolute Gasteiger partial charge is 0.257 e. The zero-order chi connectivity index (χ0) is 20.4. The van der Waals surface area contributed by atoms with Crippen LogP contribution in [0, 0.1) is 0 Å². The molecule has 6 nitrogen and oxygen atoms in total. The zero-order valence-electron chi connectivity index (χ0n) is 16.0. The first kappa shape index (κ1) is 21.8. The Hall–Kier alpha value is -2.54. The fourth-order valence-corrected chi connectivity index (χ4v) is 2.91. The summed E-state index contributed by atoms with van der Waals surface area (Å²) in [6.07, 6.45) is 1.34. The van der Waals surface area contributed by atoms with Gasteiger partial charge in [-0.05, 0) is 56.2 Å². The average Bonchev–Trinajstić information content (AvgIpc) is 2.69. The van der Waals surface area contributed by atoms with Crippen LogP contribution in [0.5, 0.6) is 17.2 Å². The lowest BCUT2D eigenvalue weighted by molar-refractivity contribution is -0.123. The van der Waals surface area contributed by atoms with Gasteiger partial charge < -0.3 is 19.5 Å². The second kappa shape index (κ2) is 11.3. The third-order valence-electron chi connectivity index (χ3n) is 3.80. The number of amides is 1. The maximum Gasteiger partial charge on any atom is 0.257 e. The Labute approximate surface area is 173 Å². The number of carbonyl (C=O) groups excluding carboxylic acids is 2. The van der Waals surface area contributed by atoms with Crippen LogP contribution in [0.15, 0.2) is 40.9 Å². The van der Waals surface area contributed by atoms with Gasteiger partial charge in [0.1, 0.15) is 5.75 Å². The van der Waals surface area contributed by atoms with Crippen LogP contribution in [-0.4, -0.2) is 38.6 Å². The highest BCUT2D eigenvalue weighted by Gasteiger charge is 2.09. The van der Waals surface area contributed by atoms with Gasteiger partial charge >= 0.3 is 0 Å². The van der Waals surface area contributed by atoms with E-state index in [2.05, 4.69) is 21.2 Å². The summed E-state index contributed by atoms with van der Waals surface area (Å²) in [6.45, 7) is 5.27. The van der Waals surface area contributed by atoms with Crippen LogP contribution < -0.4 is 19.5 Å². The van der Waals surface area contributed by atoms with Crippen LogP contribution in [0.25, 0.3) is 0 Å². The molecule has 2 rings (SSSR count). The van der Waals surface area contributed by atoms with E-state index in [-0.39, 0.29) is 12.5 Å². The highest BCUT2D eigenvalue weighted by molar-refractivity contribution is 9.10. The first-order valence-corrected chi connectivity index (χ1v) is 9.89. The lowest BCUT2D eigenvalue weighted by Gasteiger charge is -2.13. The Morgan fingerprint density at radius 3 is 2.43 bits per heavy atom. The third kappa shape index (κ3) is 6.56. The molecule has 0 heterocycles. The molecule has 0 spiro atoms. The molecule has 28 heavy (non-hydrogen) atoms. The van der Waals surface area contributed by atoms with Gasteiger partial charge in [0.15, 0.2) is 24.4 Å². The predicted molar refractivity (Wildman–Crippen MR) is 111 cm³/mol. The fraction of sp³-hybridized carbons (Fsp3) is 0.333. The second-order valence-electron chi connectivity index (χ2n) is 5.84. The lowest BCUT2D eigenvalue weighted by atomic mass is 10.1. The number of ether oxygens (including phenoxy) is 3. The van der Waals surface area contributed by atoms with Crippen molar-refractivity contribution in [3.63, 3.8) is 0 Å². The largest absolute Gasteiger partial charge is 0.490 e. The van der Waals surface area contributed by atoms with Crippen molar-refractivity contribution in [1.82, 2.24) is 5.32 Å². The number of hydrogen-bond acceptors (Lipinski definition) is 5. The first-order chi connectivity index (χ1) is 13.6. The Morgan fingerprint density at radius 1 is 1.00 bits per heavy atom. The van der Waals surface area contributed by atoms with Gasteiger partial charge in [0.05, 0.1) is 18.8 Å². The quantitative estimate of drug-likeness (QED) is 0.528. The topological polar surface area (TPSA) is 73.9 Å². The van der Waals surface area contributed by atoms with Crippen molar-refractivity contribution < 1.29 is 23.8 Å². The van der Waals surface area contributed by atoms with Crippen molar-refractivity contribution in [1.29, 1.82) is 0 Å². The Balaban J connectivity index is 1.83. The summed E-state index contributed by atoms with van der Waals surface area (Å²) in [7, 11) is 0. The molecule has 0 aliphatic rings. The average molecular weight is 450 g/mol. The molecule has 0 saturated heterocycles. The first-order valence-electron chi connectivity index (χ1n) is 9.10. The second-order valence-corrected chi connectivity index (χ2v) is 6.75. The van der Waals surface area contributed by atoms with E-state index in [0.717, 1.165) is 10.0 Å². The summed E-state index contributed by atoms with van der Waals surface area (Å²) < 4.78 is 17.4. The molecule has 1 amide bonds. The molecule has 150 valence electrons. The van der Waals surface area contributed by atoms with E-state index < -0.39 is 0 Å². The van der Waals surface area contributed by atoms with Gasteiger partial charge in [0.25, 0.3) is 5.91 Å². The van der Waals surface area contributed by atoms with Crippen molar-refractivity contribution in [2.75, 3.05) is 26.4 Å². The summed E-state index contributed by atoms with van der Waals surface area (Å²) in [5, 5.41) is 2.81. The molecular formula is C21H24BrNO5. The number of carbonyl (C=O) groups is 2. The molecule has 7 heteroatoms. The van der Waals surface area contributed by atoms with Crippen molar-refractivity contribution in [2.45, 2.75) is 20.3 Å². The number of benzene rings is 2. The lowest BCUT2D eigenvalue weighted by Crippen LogP contribution is -2.30. The predicted octanol–water partition coefficient (Wildman–Crippen LogP) is 3.80. The van der Waals surface area contributed by atoms with E-state index in [4.69, 9.17) is 14.2 Å². The number of rotatable bonds is 11. The number of hydrogen-bond donors (Lipinski definition) is 1. The van der Waals surface area contributed by atoms with Crippen molar-refractivity contribution in [3.8, 4) is 17.2 Å². The zero-order valence-corrected chi connectivity index (χ0v) is 17.6. The van der Waals surface area contributed by atoms with Gasteiger partial charge in [-0.3, -0.25) is 9.59 Å². The molecule has 0 atom stereocenters. The summed E-state index contributed by atoms with van der Waals surface area (Å²) in [5.41, 5.74) is 1.42. The summed E-state index contributed by atoms with van der Waals surface area (Å²) in [5.74, 6) is 1.54. The molecule has 0 unspecified atom stereocenters. The molecule has 0 bridgehead atoms. The maximum atomic E-state index is 12.0. The number of aldehydes is 1. The minimum absolute atomic E-state index is 0.157. The van der Waals surface area contributed by atoms with Crippen LogP contribution in [0.2, 0.25) is 0 Å². The molecule has 0 saturated carbocycles. The van der Waals surface area contributed by atoms with E-state index in [1.54, 1.807) is 18.2 Å². The number of halogens is 1. The van der Waals surface area contributed by atoms with E-state index in [0.29, 0.717) is 55.3 Å². The van der Waals surface area contributed by atoms with Crippen molar-refractivity contribution in [3.05, 3.63) is 52.0 Å². The highest BCUT2D eigenvalue weighted by atomic mass is 79.9. The molecule has 0 aliphatic heterocycles. The van der Waals surface area contributed by atoms with Gasteiger partial charge in [0, 0.05) is 11.0 Å². The van der Waals surface area contributed by atoms with Crippen LogP contribution in [0.4, 0.5) is 0 Å². The third-order valence-corrected chi connectivity index (χ3v) is 4.29. The summed E-state index contributed by atoms with van der Waals surface area (Å²) in [6, 6.07) is 10.8. The van der Waals surface area contributed by atoms with Crippen LogP contribution >= 0.6 is 15.9 Å². The molecule has 0 fully saturated rings. The minimum Gasteiger partial charge on any atom is -0.490 e. The fourth-order valence-electron chi connectivity index (χ4n) is 2.53. The highest BCUT2D eigenvalue weighted by Crippen LogP contribution is 2.28. The summed E-state index contributed by atoms with van der Waals surface area (Å²) >= 11 is 3.29. The number of nitrogens with one attached hydrogen (secondary N) is 1. The van der Waals surface area contributed by atoms with E-state index in [1.807, 2.05) is 32.0 Å². The Kier molecular flexibility index (Phi) is 8.81. The van der Waals surface area contributed by atoms with E-state index in [1.165, 1.54) is 0 Å². The van der Waals surface area contributed by atoms with Gasteiger partial charge in [-0.25, -0.2) is 0 Å². The Morgan fingerprint density at radius 2 is 1.71 bits per heavy atom. The Bertz CT molecular complexity index is 809. The van der Waals surface area contributed by atoms with Crippen LogP contribution in [0.3, 0.4) is 0 Å².